The molecule has 2 nitrogen and oxygen atoms in total. The Bertz CT molecular complexity index is 535. The van der Waals surface area contributed by atoms with Crippen LogP contribution in [0.4, 0.5) is 5.00 Å². The second-order valence-corrected chi connectivity index (χ2v) is 4.91. The van der Waals surface area contributed by atoms with Gasteiger partial charge in [-0.3, -0.25) is 0 Å². The van der Waals surface area contributed by atoms with Crippen LogP contribution < -0.4 is 5.73 Å². The van der Waals surface area contributed by atoms with Crippen molar-refractivity contribution < 1.29 is 0 Å². The molecule has 0 amide bonds. The normalized spacial score (nSPS) is 10.0. The highest BCUT2D eigenvalue weighted by Gasteiger charge is 2.13. The van der Waals surface area contributed by atoms with Crippen LogP contribution in [0.15, 0.2) is 30.3 Å². The number of nitrogen functional groups attached to an aromatic ring is 1. The zero-order valence-electron chi connectivity index (χ0n) is 9.03. The average molecular weight is 228 g/mol. The van der Waals surface area contributed by atoms with Gasteiger partial charge in [-0.05, 0) is 24.5 Å². The number of anilines is 1. The molecule has 2 N–H and O–H groups in total. The summed E-state index contributed by atoms with van der Waals surface area (Å²) in [5.74, 6) is 0. The average Bonchev–Trinajstić information content (AvgIpc) is 2.55. The fourth-order valence-electron chi connectivity index (χ4n) is 1.74. The third-order valence-corrected chi connectivity index (χ3v) is 3.55. The fourth-order valence-corrected chi connectivity index (χ4v) is 2.64. The standard InChI is InChI=1S/C13H12N2S/c1-9-11(12(8-14)13(15)16-9)7-10-5-3-2-4-6-10/h2-6H,7,15H2,1H3. The van der Waals surface area contributed by atoms with Crippen LogP contribution >= 0.6 is 11.3 Å². The molecule has 0 saturated carbocycles. The Kier molecular flexibility index (Phi) is 2.93. The lowest BCUT2D eigenvalue weighted by Gasteiger charge is -2.01. The van der Waals surface area contributed by atoms with Gasteiger partial charge in [-0.15, -0.1) is 11.3 Å². The number of hydrogen-bond acceptors (Lipinski definition) is 3. The van der Waals surface area contributed by atoms with E-state index in [2.05, 4.69) is 18.2 Å². The zero-order valence-corrected chi connectivity index (χ0v) is 9.84. The Hall–Kier alpha value is -1.79. The molecular weight excluding hydrogens is 216 g/mol. The van der Waals surface area contributed by atoms with Crippen LogP contribution in [0.3, 0.4) is 0 Å². The summed E-state index contributed by atoms with van der Waals surface area (Å²) >= 11 is 1.49. The number of nitriles is 1. The summed E-state index contributed by atoms with van der Waals surface area (Å²) in [6.45, 7) is 2.01. The third-order valence-electron chi connectivity index (χ3n) is 2.57. The minimum absolute atomic E-state index is 0.630. The molecule has 0 saturated heterocycles. The number of nitrogens with two attached hydrogens (primary N) is 1. The summed E-state index contributed by atoms with van der Waals surface area (Å²) in [5, 5.41) is 9.70. The largest absolute Gasteiger partial charge is 0.389 e. The van der Waals surface area contributed by atoms with Crippen molar-refractivity contribution in [2.75, 3.05) is 5.73 Å². The fraction of sp³-hybridized carbons (Fsp3) is 0.154. The maximum absolute atomic E-state index is 9.07. The molecule has 2 rings (SSSR count). The first-order valence-electron chi connectivity index (χ1n) is 5.04. The van der Waals surface area contributed by atoms with Crippen LogP contribution in [0.1, 0.15) is 21.6 Å². The summed E-state index contributed by atoms with van der Waals surface area (Å²) in [6, 6.07) is 12.3. The highest BCUT2D eigenvalue weighted by Crippen LogP contribution is 2.31. The third kappa shape index (κ3) is 1.93. The van der Waals surface area contributed by atoms with Crippen molar-refractivity contribution >= 4 is 16.3 Å². The van der Waals surface area contributed by atoms with Gasteiger partial charge < -0.3 is 5.73 Å². The number of hydrogen-bond donors (Lipinski definition) is 1. The lowest BCUT2D eigenvalue weighted by Crippen LogP contribution is -1.92. The van der Waals surface area contributed by atoms with Crippen molar-refractivity contribution in [3.63, 3.8) is 0 Å². The molecule has 0 aliphatic heterocycles. The van der Waals surface area contributed by atoms with Gasteiger partial charge in [0.25, 0.3) is 0 Å². The monoisotopic (exact) mass is 228 g/mol. The molecular formula is C13H12N2S. The Morgan fingerprint density at radius 1 is 1.31 bits per heavy atom. The zero-order chi connectivity index (χ0) is 11.5. The van der Waals surface area contributed by atoms with E-state index >= 15 is 0 Å². The number of nitrogens with zero attached hydrogens (tertiary/aromatic N) is 1. The van der Waals surface area contributed by atoms with Crippen LogP contribution in [0, 0.1) is 18.3 Å². The van der Waals surface area contributed by atoms with E-state index in [0.717, 1.165) is 16.9 Å². The summed E-state index contributed by atoms with van der Waals surface area (Å²) < 4.78 is 0. The van der Waals surface area contributed by atoms with Gasteiger partial charge in [0.05, 0.1) is 5.56 Å². The number of rotatable bonds is 2. The first-order valence-corrected chi connectivity index (χ1v) is 5.85. The molecule has 0 fully saturated rings. The maximum Gasteiger partial charge on any atom is 0.104 e. The number of thiophene rings is 1. The van der Waals surface area contributed by atoms with Crippen molar-refractivity contribution in [1.82, 2.24) is 0 Å². The predicted molar refractivity (Wildman–Crippen MR) is 67.4 cm³/mol. The summed E-state index contributed by atoms with van der Waals surface area (Å²) in [5.41, 5.74) is 8.72. The maximum atomic E-state index is 9.07. The molecule has 0 radical (unpaired) electrons. The van der Waals surface area contributed by atoms with Crippen molar-refractivity contribution in [2.45, 2.75) is 13.3 Å². The SMILES string of the molecule is Cc1sc(N)c(C#N)c1Cc1ccccc1. The smallest absolute Gasteiger partial charge is 0.104 e. The number of benzene rings is 1. The van der Waals surface area contributed by atoms with Crippen molar-refractivity contribution in [2.24, 2.45) is 0 Å². The Morgan fingerprint density at radius 3 is 2.62 bits per heavy atom. The van der Waals surface area contributed by atoms with Gasteiger partial charge in [0.2, 0.25) is 0 Å². The quantitative estimate of drug-likeness (QED) is 0.858. The second-order valence-electron chi connectivity index (χ2n) is 3.65. The van der Waals surface area contributed by atoms with Gasteiger partial charge in [-0.25, -0.2) is 0 Å². The van der Waals surface area contributed by atoms with E-state index in [1.165, 1.54) is 16.9 Å². The molecule has 2 aromatic rings. The summed E-state index contributed by atoms with van der Waals surface area (Å²) in [7, 11) is 0. The highest BCUT2D eigenvalue weighted by atomic mass is 32.1. The summed E-state index contributed by atoms with van der Waals surface area (Å²) in [6.07, 6.45) is 0.781. The van der Waals surface area contributed by atoms with Crippen LogP contribution in [0.25, 0.3) is 0 Å². The minimum atomic E-state index is 0.630. The van der Waals surface area contributed by atoms with Gasteiger partial charge >= 0.3 is 0 Å². The molecule has 0 bridgehead atoms. The molecule has 80 valence electrons. The molecule has 1 aromatic carbocycles. The van der Waals surface area contributed by atoms with E-state index in [1.54, 1.807) is 0 Å². The summed E-state index contributed by atoms with van der Waals surface area (Å²) in [4.78, 5) is 1.14. The molecule has 0 atom stereocenters. The Morgan fingerprint density at radius 2 is 2.00 bits per heavy atom. The van der Waals surface area contributed by atoms with Gasteiger partial charge in [0.1, 0.15) is 11.1 Å². The van der Waals surface area contributed by atoms with Crippen LogP contribution in [-0.2, 0) is 6.42 Å². The van der Waals surface area contributed by atoms with Crippen LogP contribution in [0.5, 0.6) is 0 Å². The van der Waals surface area contributed by atoms with Crippen molar-refractivity contribution in [1.29, 1.82) is 5.26 Å². The lowest BCUT2D eigenvalue weighted by atomic mass is 10.0. The van der Waals surface area contributed by atoms with E-state index in [4.69, 9.17) is 11.0 Å². The lowest BCUT2D eigenvalue weighted by molar-refractivity contribution is 1.17. The van der Waals surface area contributed by atoms with E-state index in [1.807, 2.05) is 25.1 Å². The molecule has 0 aliphatic carbocycles. The van der Waals surface area contributed by atoms with E-state index < -0.39 is 0 Å². The molecule has 0 spiro atoms. The molecule has 3 heteroatoms. The first-order chi connectivity index (χ1) is 7.72. The van der Waals surface area contributed by atoms with E-state index in [-0.39, 0.29) is 0 Å². The Labute approximate surface area is 99.0 Å². The molecule has 0 unspecified atom stereocenters. The minimum Gasteiger partial charge on any atom is -0.389 e. The first kappa shape index (κ1) is 10.7. The van der Waals surface area contributed by atoms with Crippen molar-refractivity contribution in [3.8, 4) is 6.07 Å². The van der Waals surface area contributed by atoms with Gasteiger partial charge in [0, 0.05) is 4.88 Å². The molecule has 1 aromatic heterocycles. The predicted octanol–water partition coefficient (Wildman–Crippen LogP) is 3.10. The van der Waals surface area contributed by atoms with Crippen LogP contribution in [-0.4, -0.2) is 0 Å². The highest BCUT2D eigenvalue weighted by molar-refractivity contribution is 7.16. The van der Waals surface area contributed by atoms with E-state index in [0.29, 0.717) is 10.6 Å². The molecule has 16 heavy (non-hydrogen) atoms. The second kappa shape index (κ2) is 4.38. The van der Waals surface area contributed by atoms with Gasteiger partial charge in [-0.2, -0.15) is 5.26 Å². The van der Waals surface area contributed by atoms with Crippen molar-refractivity contribution in [3.05, 3.63) is 51.9 Å². The topological polar surface area (TPSA) is 49.8 Å². The van der Waals surface area contributed by atoms with E-state index in [9.17, 15) is 0 Å². The van der Waals surface area contributed by atoms with Gasteiger partial charge in [-0.1, -0.05) is 30.3 Å². The van der Waals surface area contributed by atoms with Crippen LogP contribution in [0.2, 0.25) is 0 Å². The molecule has 0 aliphatic rings. The number of aryl methyl sites for hydroxylation is 1. The van der Waals surface area contributed by atoms with Gasteiger partial charge in [0.15, 0.2) is 0 Å². The Balaban J connectivity index is 2.39. The molecule has 1 heterocycles.